The van der Waals surface area contributed by atoms with E-state index in [0.29, 0.717) is 43.9 Å². The fraction of sp³-hybridized carbons (Fsp3) is 0.240. The van der Waals surface area contributed by atoms with Gasteiger partial charge in [-0.2, -0.15) is 0 Å². The molecule has 0 N–H and O–H groups in total. The Bertz CT molecular complexity index is 1090. The summed E-state index contributed by atoms with van der Waals surface area (Å²) in [4.78, 5) is 27.5. The highest BCUT2D eigenvalue weighted by atomic mass is 16.6. The summed E-state index contributed by atoms with van der Waals surface area (Å²) >= 11 is 0. The zero-order valence-corrected chi connectivity index (χ0v) is 17.9. The molecule has 1 aliphatic heterocycles. The summed E-state index contributed by atoms with van der Waals surface area (Å²) in [5, 5.41) is 11.2. The standard InChI is InChI=1S/C25H25N3O4/c1-19-7-8-21(17-24(19)28(30)31)25(29)27-15-13-26(14-16-27)22-9-11-23(12-10-22)32-18-20-5-3-2-4-6-20/h2-12,17H,13-16,18H2,1H3. The highest BCUT2D eigenvalue weighted by Gasteiger charge is 2.24. The summed E-state index contributed by atoms with van der Waals surface area (Å²) in [6, 6.07) is 22.7. The van der Waals surface area contributed by atoms with Crippen LogP contribution in [0.25, 0.3) is 0 Å². The smallest absolute Gasteiger partial charge is 0.273 e. The minimum atomic E-state index is -0.447. The highest BCUT2D eigenvalue weighted by Crippen LogP contribution is 2.23. The minimum Gasteiger partial charge on any atom is -0.489 e. The van der Waals surface area contributed by atoms with E-state index in [1.165, 1.54) is 6.07 Å². The third-order valence-corrected chi connectivity index (χ3v) is 5.67. The van der Waals surface area contributed by atoms with Gasteiger partial charge in [0.2, 0.25) is 0 Å². The first-order valence-corrected chi connectivity index (χ1v) is 10.6. The normalized spacial score (nSPS) is 13.7. The van der Waals surface area contributed by atoms with Crippen LogP contribution in [0, 0.1) is 17.0 Å². The van der Waals surface area contributed by atoms with Crippen LogP contribution in [0.3, 0.4) is 0 Å². The molecule has 0 spiro atoms. The first kappa shape index (κ1) is 21.4. The molecule has 164 valence electrons. The monoisotopic (exact) mass is 431 g/mol. The second-order valence-electron chi connectivity index (χ2n) is 7.81. The van der Waals surface area contributed by atoms with Crippen molar-refractivity contribution in [2.45, 2.75) is 13.5 Å². The second-order valence-corrected chi connectivity index (χ2v) is 7.81. The molecule has 0 aromatic heterocycles. The third-order valence-electron chi connectivity index (χ3n) is 5.67. The molecule has 1 fully saturated rings. The average molecular weight is 431 g/mol. The van der Waals surface area contributed by atoms with Crippen LogP contribution in [0.15, 0.2) is 72.8 Å². The number of hydrogen-bond acceptors (Lipinski definition) is 5. The molecule has 0 radical (unpaired) electrons. The summed E-state index contributed by atoms with van der Waals surface area (Å²) in [6.45, 7) is 4.72. The van der Waals surface area contributed by atoms with Crippen molar-refractivity contribution in [1.29, 1.82) is 0 Å². The van der Waals surface area contributed by atoms with E-state index < -0.39 is 4.92 Å². The number of carbonyl (C=O) groups is 1. The van der Waals surface area contributed by atoms with Gasteiger partial charge in [0.1, 0.15) is 12.4 Å². The Morgan fingerprint density at radius 3 is 2.31 bits per heavy atom. The number of hydrogen-bond donors (Lipinski definition) is 0. The molecule has 0 saturated carbocycles. The predicted octanol–water partition coefficient (Wildman–Crippen LogP) is 4.44. The Morgan fingerprint density at radius 1 is 0.969 bits per heavy atom. The molecule has 0 atom stereocenters. The number of piperazine rings is 1. The van der Waals surface area contributed by atoms with Gasteiger partial charge in [0.25, 0.3) is 11.6 Å². The van der Waals surface area contributed by atoms with Crippen molar-refractivity contribution in [3.05, 3.63) is 99.6 Å². The number of aryl methyl sites for hydroxylation is 1. The molecular formula is C25H25N3O4. The lowest BCUT2D eigenvalue weighted by Gasteiger charge is -2.36. The first-order valence-electron chi connectivity index (χ1n) is 10.6. The van der Waals surface area contributed by atoms with Gasteiger partial charge in [0.05, 0.1) is 4.92 Å². The Kier molecular flexibility index (Phi) is 6.35. The van der Waals surface area contributed by atoms with Gasteiger partial charge in [-0.1, -0.05) is 36.4 Å². The topological polar surface area (TPSA) is 75.9 Å². The number of amides is 1. The molecule has 7 heteroatoms. The SMILES string of the molecule is Cc1ccc(C(=O)N2CCN(c3ccc(OCc4ccccc4)cc3)CC2)cc1[N+](=O)[O-]. The zero-order chi connectivity index (χ0) is 22.5. The van der Waals surface area contributed by atoms with Gasteiger partial charge in [-0.05, 0) is 42.8 Å². The largest absolute Gasteiger partial charge is 0.489 e. The fourth-order valence-electron chi connectivity index (χ4n) is 3.78. The molecule has 0 bridgehead atoms. The molecule has 3 aromatic carbocycles. The number of benzene rings is 3. The molecule has 1 aliphatic rings. The van der Waals surface area contributed by atoms with Gasteiger partial charge >= 0.3 is 0 Å². The number of nitro benzene ring substituents is 1. The highest BCUT2D eigenvalue weighted by molar-refractivity contribution is 5.95. The van der Waals surface area contributed by atoms with Crippen molar-refractivity contribution in [2.24, 2.45) is 0 Å². The Balaban J connectivity index is 1.33. The maximum atomic E-state index is 12.8. The van der Waals surface area contributed by atoms with Crippen LogP contribution in [0.4, 0.5) is 11.4 Å². The molecule has 0 aliphatic carbocycles. The van der Waals surface area contributed by atoms with E-state index in [1.54, 1.807) is 24.0 Å². The van der Waals surface area contributed by atoms with Gasteiger partial charge in [0, 0.05) is 49.1 Å². The minimum absolute atomic E-state index is 0.0240. The van der Waals surface area contributed by atoms with Gasteiger partial charge in [-0.15, -0.1) is 0 Å². The lowest BCUT2D eigenvalue weighted by Crippen LogP contribution is -2.48. The second kappa shape index (κ2) is 9.51. The number of anilines is 1. The van der Waals surface area contributed by atoms with Crippen LogP contribution in [0.5, 0.6) is 5.75 Å². The lowest BCUT2D eigenvalue weighted by atomic mass is 10.1. The van der Waals surface area contributed by atoms with Crippen molar-refractivity contribution in [3.8, 4) is 5.75 Å². The Hall–Kier alpha value is -3.87. The van der Waals surface area contributed by atoms with Gasteiger partial charge in [-0.25, -0.2) is 0 Å². The van der Waals surface area contributed by atoms with E-state index in [2.05, 4.69) is 4.90 Å². The summed E-state index contributed by atoms with van der Waals surface area (Å²) in [5.74, 6) is 0.643. The van der Waals surface area contributed by atoms with Crippen molar-refractivity contribution in [3.63, 3.8) is 0 Å². The van der Waals surface area contributed by atoms with Crippen molar-refractivity contribution < 1.29 is 14.5 Å². The summed E-state index contributed by atoms with van der Waals surface area (Å²) in [7, 11) is 0. The van der Waals surface area contributed by atoms with Crippen molar-refractivity contribution in [2.75, 3.05) is 31.1 Å². The summed E-state index contributed by atoms with van der Waals surface area (Å²) < 4.78 is 5.85. The molecule has 1 amide bonds. The molecule has 32 heavy (non-hydrogen) atoms. The number of nitro groups is 1. The number of ether oxygens (including phenoxy) is 1. The quantitative estimate of drug-likeness (QED) is 0.426. The van der Waals surface area contributed by atoms with Crippen LogP contribution in [0.2, 0.25) is 0 Å². The van der Waals surface area contributed by atoms with Crippen LogP contribution in [0.1, 0.15) is 21.5 Å². The molecule has 1 heterocycles. The van der Waals surface area contributed by atoms with E-state index in [4.69, 9.17) is 4.74 Å². The predicted molar refractivity (Wildman–Crippen MR) is 123 cm³/mol. The molecule has 0 unspecified atom stereocenters. The number of carbonyl (C=O) groups excluding carboxylic acids is 1. The number of nitrogens with zero attached hydrogens (tertiary/aromatic N) is 3. The van der Waals surface area contributed by atoms with Crippen molar-refractivity contribution >= 4 is 17.3 Å². The van der Waals surface area contributed by atoms with Crippen LogP contribution < -0.4 is 9.64 Å². The van der Waals surface area contributed by atoms with Gasteiger partial charge < -0.3 is 14.5 Å². The zero-order valence-electron chi connectivity index (χ0n) is 17.9. The molecule has 3 aromatic rings. The van der Waals surface area contributed by atoms with Crippen LogP contribution in [-0.4, -0.2) is 41.9 Å². The van der Waals surface area contributed by atoms with Gasteiger partial charge in [-0.3, -0.25) is 14.9 Å². The third kappa shape index (κ3) is 4.88. The lowest BCUT2D eigenvalue weighted by molar-refractivity contribution is -0.385. The van der Waals surface area contributed by atoms with E-state index in [1.807, 2.05) is 54.6 Å². The first-order chi connectivity index (χ1) is 15.5. The molecule has 7 nitrogen and oxygen atoms in total. The maximum absolute atomic E-state index is 12.8. The van der Waals surface area contributed by atoms with Gasteiger partial charge in [0.15, 0.2) is 0 Å². The molecular weight excluding hydrogens is 406 g/mol. The van der Waals surface area contributed by atoms with E-state index in [-0.39, 0.29) is 11.6 Å². The molecule has 1 saturated heterocycles. The molecule has 4 rings (SSSR count). The number of rotatable bonds is 6. The van der Waals surface area contributed by atoms with E-state index in [0.717, 1.165) is 17.0 Å². The maximum Gasteiger partial charge on any atom is 0.273 e. The summed E-state index contributed by atoms with van der Waals surface area (Å²) in [5.41, 5.74) is 3.08. The van der Waals surface area contributed by atoms with Crippen LogP contribution in [-0.2, 0) is 6.61 Å². The Labute approximate surface area is 187 Å². The Morgan fingerprint density at radius 2 is 1.66 bits per heavy atom. The van der Waals surface area contributed by atoms with Crippen LogP contribution >= 0.6 is 0 Å². The average Bonchev–Trinajstić information content (AvgIpc) is 2.83. The summed E-state index contributed by atoms with van der Waals surface area (Å²) in [6.07, 6.45) is 0. The van der Waals surface area contributed by atoms with Crippen molar-refractivity contribution in [1.82, 2.24) is 4.90 Å². The fourth-order valence-corrected chi connectivity index (χ4v) is 3.78. The van der Waals surface area contributed by atoms with E-state index in [9.17, 15) is 14.9 Å². The van der Waals surface area contributed by atoms with E-state index >= 15 is 0 Å².